The van der Waals surface area contributed by atoms with Gasteiger partial charge in [-0.1, -0.05) is 127 Å². The molecule has 9 rings (SSSR count). The molecule has 0 saturated heterocycles. The summed E-state index contributed by atoms with van der Waals surface area (Å²) >= 11 is 0. The first-order chi connectivity index (χ1) is 22.8. The SMILES string of the molecule is c1ccc(-c2ccc3cc(-c4nc(-c5ccccc5)nc(-c5cc6ncccc6c6ccc7ccccc7c56)n4)ccc3c2)cc1. The van der Waals surface area contributed by atoms with Crippen LogP contribution in [0, 0.1) is 0 Å². The molecule has 0 radical (unpaired) electrons. The van der Waals surface area contributed by atoms with Gasteiger partial charge in [-0.2, -0.15) is 0 Å². The molecule has 4 nitrogen and oxygen atoms in total. The number of pyridine rings is 1. The molecule has 0 atom stereocenters. The molecule has 2 heterocycles. The lowest BCUT2D eigenvalue weighted by atomic mass is 9.94. The van der Waals surface area contributed by atoms with Crippen molar-refractivity contribution in [2.75, 3.05) is 0 Å². The van der Waals surface area contributed by atoms with E-state index in [-0.39, 0.29) is 0 Å². The van der Waals surface area contributed by atoms with Crippen molar-refractivity contribution in [2.24, 2.45) is 0 Å². The molecule has 0 amide bonds. The third kappa shape index (κ3) is 4.47. The molecular formula is C42H26N4. The average Bonchev–Trinajstić information content (AvgIpc) is 3.14. The van der Waals surface area contributed by atoms with Crippen LogP contribution in [0.4, 0.5) is 0 Å². The van der Waals surface area contributed by atoms with Crippen molar-refractivity contribution >= 4 is 43.2 Å². The average molecular weight is 587 g/mol. The highest BCUT2D eigenvalue weighted by Gasteiger charge is 2.18. The Bertz CT molecular complexity index is 2580. The van der Waals surface area contributed by atoms with Gasteiger partial charge < -0.3 is 0 Å². The minimum Gasteiger partial charge on any atom is -0.256 e. The lowest BCUT2D eigenvalue weighted by Gasteiger charge is -2.14. The van der Waals surface area contributed by atoms with Crippen LogP contribution >= 0.6 is 0 Å². The van der Waals surface area contributed by atoms with E-state index in [0.717, 1.165) is 49.1 Å². The summed E-state index contributed by atoms with van der Waals surface area (Å²) in [6.07, 6.45) is 1.84. The van der Waals surface area contributed by atoms with E-state index in [4.69, 9.17) is 19.9 Å². The van der Waals surface area contributed by atoms with Crippen molar-refractivity contribution in [3.05, 3.63) is 158 Å². The molecule has 4 heteroatoms. The molecule has 0 aliphatic rings. The molecule has 2 aromatic heterocycles. The quantitative estimate of drug-likeness (QED) is 0.193. The van der Waals surface area contributed by atoms with Gasteiger partial charge in [0, 0.05) is 33.7 Å². The van der Waals surface area contributed by atoms with Crippen molar-refractivity contribution in [1.82, 2.24) is 19.9 Å². The van der Waals surface area contributed by atoms with Crippen molar-refractivity contribution in [3.8, 4) is 45.3 Å². The zero-order chi connectivity index (χ0) is 30.5. The zero-order valence-corrected chi connectivity index (χ0v) is 24.8. The lowest BCUT2D eigenvalue weighted by Crippen LogP contribution is -2.01. The summed E-state index contributed by atoms with van der Waals surface area (Å²) < 4.78 is 0. The maximum Gasteiger partial charge on any atom is 0.164 e. The van der Waals surface area contributed by atoms with Gasteiger partial charge in [0.15, 0.2) is 17.5 Å². The number of benzene rings is 7. The smallest absolute Gasteiger partial charge is 0.164 e. The first kappa shape index (κ1) is 26.2. The van der Waals surface area contributed by atoms with Crippen molar-refractivity contribution < 1.29 is 0 Å². The molecule has 0 bridgehead atoms. The highest BCUT2D eigenvalue weighted by atomic mass is 15.0. The topological polar surface area (TPSA) is 51.6 Å². The predicted molar refractivity (Wildman–Crippen MR) is 189 cm³/mol. The van der Waals surface area contributed by atoms with E-state index in [1.165, 1.54) is 21.9 Å². The molecule has 46 heavy (non-hydrogen) atoms. The highest BCUT2D eigenvalue weighted by Crippen LogP contribution is 2.38. The largest absolute Gasteiger partial charge is 0.256 e. The predicted octanol–water partition coefficient (Wildman–Crippen LogP) is 10.5. The van der Waals surface area contributed by atoms with Crippen LogP contribution in [0.2, 0.25) is 0 Å². The Morgan fingerprint density at radius 2 is 0.957 bits per heavy atom. The molecule has 0 N–H and O–H groups in total. The van der Waals surface area contributed by atoms with Crippen molar-refractivity contribution in [1.29, 1.82) is 0 Å². The molecule has 0 aliphatic heterocycles. The van der Waals surface area contributed by atoms with Crippen molar-refractivity contribution in [3.63, 3.8) is 0 Å². The minimum absolute atomic E-state index is 0.622. The van der Waals surface area contributed by atoms with Gasteiger partial charge in [0.25, 0.3) is 0 Å². The van der Waals surface area contributed by atoms with Gasteiger partial charge in [-0.15, -0.1) is 0 Å². The Kier molecular flexibility index (Phi) is 6.10. The van der Waals surface area contributed by atoms with Gasteiger partial charge in [0.05, 0.1) is 5.52 Å². The first-order valence-corrected chi connectivity index (χ1v) is 15.4. The van der Waals surface area contributed by atoms with Crippen LogP contribution in [-0.2, 0) is 0 Å². The van der Waals surface area contributed by atoms with E-state index in [1.54, 1.807) is 0 Å². The van der Waals surface area contributed by atoms with Crippen molar-refractivity contribution in [2.45, 2.75) is 0 Å². The van der Waals surface area contributed by atoms with Crippen LogP contribution in [0.5, 0.6) is 0 Å². The van der Waals surface area contributed by atoms with Crippen LogP contribution in [0.25, 0.3) is 88.5 Å². The Morgan fingerprint density at radius 1 is 0.348 bits per heavy atom. The molecular weight excluding hydrogens is 560 g/mol. The fourth-order valence-electron chi connectivity index (χ4n) is 6.47. The van der Waals surface area contributed by atoms with E-state index >= 15 is 0 Å². The molecule has 0 fully saturated rings. The van der Waals surface area contributed by atoms with Gasteiger partial charge in [-0.3, -0.25) is 4.98 Å². The van der Waals surface area contributed by atoms with Gasteiger partial charge in [-0.25, -0.2) is 15.0 Å². The second kappa shape index (κ2) is 10.7. The van der Waals surface area contributed by atoms with Crippen LogP contribution in [0.15, 0.2) is 158 Å². The fourth-order valence-corrected chi connectivity index (χ4v) is 6.47. The molecule has 214 valence electrons. The van der Waals surface area contributed by atoms with Gasteiger partial charge in [-0.05, 0) is 62.3 Å². The van der Waals surface area contributed by atoms with Crippen LogP contribution < -0.4 is 0 Å². The molecule has 0 spiro atoms. The Labute approximate surface area is 265 Å². The van der Waals surface area contributed by atoms with E-state index in [0.29, 0.717) is 17.5 Å². The Hall–Kier alpha value is -6.26. The van der Waals surface area contributed by atoms with E-state index in [2.05, 4.69) is 109 Å². The lowest BCUT2D eigenvalue weighted by molar-refractivity contribution is 1.08. The maximum absolute atomic E-state index is 5.19. The number of hydrogen-bond acceptors (Lipinski definition) is 4. The zero-order valence-electron chi connectivity index (χ0n) is 24.8. The number of fused-ring (bicyclic) bond motifs is 6. The Morgan fingerprint density at radius 3 is 1.76 bits per heavy atom. The number of rotatable bonds is 4. The summed E-state index contributed by atoms with van der Waals surface area (Å²) in [5.41, 5.74) is 6.12. The first-order valence-electron chi connectivity index (χ1n) is 15.4. The van der Waals surface area contributed by atoms with E-state index in [9.17, 15) is 0 Å². The van der Waals surface area contributed by atoms with Gasteiger partial charge in [0.2, 0.25) is 0 Å². The fraction of sp³-hybridized carbons (Fsp3) is 0. The Balaban J connectivity index is 1.29. The summed E-state index contributed by atoms with van der Waals surface area (Å²) in [6.45, 7) is 0. The summed E-state index contributed by atoms with van der Waals surface area (Å²) in [6, 6.07) is 52.8. The minimum atomic E-state index is 0.622. The number of aromatic nitrogens is 4. The highest BCUT2D eigenvalue weighted by molar-refractivity contribution is 6.22. The second-order valence-electron chi connectivity index (χ2n) is 11.5. The molecule has 9 aromatic rings. The third-order valence-electron chi connectivity index (χ3n) is 8.72. The molecule has 0 unspecified atom stereocenters. The van der Waals surface area contributed by atoms with E-state index in [1.807, 2.05) is 48.7 Å². The standard InChI is InChI=1S/C42H26N4/c1-3-10-27(11-4-1)30-17-18-32-25-33(20-19-31(32)24-30)41-44-40(29-13-5-2-6-14-29)45-42(46-41)37-26-38-35(16-9-23-43-38)36-22-21-28-12-7-8-15-34(28)39(36)37/h1-26H. The van der Waals surface area contributed by atoms with Gasteiger partial charge >= 0.3 is 0 Å². The molecule has 0 saturated carbocycles. The normalized spacial score (nSPS) is 11.5. The third-order valence-corrected chi connectivity index (χ3v) is 8.72. The van der Waals surface area contributed by atoms with Crippen LogP contribution in [0.3, 0.4) is 0 Å². The maximum atomic E-state index is 5.19. The van der Waals surface area contributed by atoms with Crippen LogP contribution in [-0.4, -0.2) is 19.9 Å². The summed E-state index contributed by atoms with van der Waals surface area (Å²) in [7, 11) is 0. The number of hydrogen-bond donors (Lipinski definition) is 0. The number of nitrogens with zero attached hydrogens (tertiary/aromatic N) is 4. The molecule has 7 aromatic carbocycles. The summed E-state index contributed by atoms with van der Waals surface area (Å²) in [5, 5.41) is 7.97. The molecule has 0 aliphatic carbocycles. The van der Waals surface area contributed by atoms with E-state index < -0.39 is 0 Å². The second-order valence-corrected chi connectivity index (χ2v) is 11.5. The van der Waals surface area contributed by atoms with Crippen LogP contribution in [0.1, 0.15) is 0 Å². The monoisotopic (exact) mass is 586 g/mol. The summed E-state index contributed by atoms with van der Waals surface area (Å²) in [4.78, 5) is 20.1. The summed E-state index contributed by atoms with van der Waals surface area (Å²) in [5.74, 6) is 1.89. The van der Waals surface area contributed by atoms with Gasteiger partial charge in [0.1, 0.15) is 0 Å².